The van der Waals surface area contributed by atoms with Crippen molar-refractivity contribution >= 4 is 16.4 Å². The fraction of sp³-hybridized carbons (Fsp3) is 0.375. The second kappa shape index (κ2) is 16.7. The highest BCUT2D eigenvalue weighted by molar-refractivity contribution is 7.85. The Kier molecular flexibility index (Phi) is 12.1. The zero-order valence-corrected chi connectivity index (χ0v) is 30.4. The van der Waals surface area contributed by atoms with E-state index in [-0.39, 0.29) is 33.0 Å². The summed E-state index contributed by atoms with van der Waals surface area (Å²) in [6.45, 7) is 4.88. The summed E-state index contributed by atoms with van der Waals surface area (Å²) in [6, 6.07) is 38.2. The largest absolute Gasteiger partial charge is 0.443 e. The van der Waals surface area contributed by atoms with Crippen molar-refractivity contribution in [2.75, 3.05) is 13.2 Å². The van der Waals surface area contributed by atoms with E-state index in [0.29, 0.717) is 4.31 Å². The van der Waals surface area contributed by atoms with E-state index in [0.717, 1.165) is 22.3 Å². The summed E-state index contributed by atoms with van der Waals surface area (Å²) in [5, 5.41) is 0. The van der Waals surface area contributed by atoms with Gasteiger partial charge in [0.05, 0.1) is 33.0 Å². The first-order chi connectivity index (χ1) is 25.0. The van der Waals surface area contributed by atoms with E-state index < -0.39 is 58.7 Å². The average molecular weight is 732 g/mol. The van der Waals surface area contributed by atoms with Crippen LogP contribution in [0.3, 0.4) is 0 Å². The van der Waals surface area contributed by atoms with Gasteiger partial charge in [-0.15, -0.1) is 4.31 Å². The Morgan fingerprint density at radius 2 is 1.13 bits per heavy atom. The fourth-order valence-electron chi connectivity index (χ4n) is 6.22. The lowest BCUT2D eigenvalue weighted by Crippen LogP contribution is -2.73. The van der Waals surface area contributed by atoms with E-state index in [1.54, 1.807) is 20.8 Å². The monoisotopic (exact) mass is 731 g/mol. The first kappa shape index (κ1) is 37.6. The maximum Gasteiger partial charge on any atom is 0.428 e. The highest BCUT2D eigenvalue weighted by Crippen LogP contribution is 2.45. The molecule has 5 atom stereocenters. The summed E-state index contributed by atoms with van der Waals surface area (Å²) in [5.41, 5.74) is 0.386. The maximum atomic E-state index is 14.0. The van der Waals surface area contributed by atoms with Gasteiger partial charge in [0.25, 0.3) is 0 Å². The molecule has 0 aromatic heterocycles. The van der Waals surface area contributed by atoms with Crippen LogP contribution in [-0.4, -0.2) is 67.8 Å². The van der Waals surface area contributed by atoms with Crippen LogP contribution in [0.25, 0.3) is 0 Å². The van der Waals surface area contributed by atoms with E-state index in [1.807, 2.05) is 121 Å². The third-order valence-corrected chi connectivity index (χ3v) is 9.89. The molecule has 0 radical (unpaired) electrons. The zero-order chi connectivity index (χ0) is 36.6. The summed E-state index contributed by atoms with van der Waals surface area (Å²) in [5.74, 6) is 0. The molecule has 0 N–H and O–H groups in total. The van der Waals surface area contributed by atoms with Crippen LogP contribution in [0.5, 0.6) is 0 Å². The molecule has 2 heterocycles. The Hall–Kier alpha value is -4.14. The van der Waals surface area contributed by atoms with Crippen molar-refractivity contribution < 1.29 is 45.8 Å². The summed E-state index contributed by atoms with van der Waals surface area (Å²) < 4.78 is 72.1. The predicted octanol–water partition coefficient (Wildman–Crippen LogP) is 6.57. The summed E-state index contributed by atoms with van der Waals surface area (Å²) in [4.78, 5) is 14.0. The Morgan fingerprint density at radius 1 is 0.692 bits per heavy atom. The Balaban J connectivity index is 1.44. The van der Waals surface area contributed by atoms with Crippen molar-refractivity contribution in [1.29, 1.82) is 0 Å². The zero-order valence-electron chi connectivity index (χ0n) is 29.5. The van der Waals surface area contributed by atoms with Gasteiger partial charge in [-0.05, 0) is 43.0 Å². The predicted molar refractivity (Wildman–Crippen MR) is 192 cm³/mol. The number of carbonyl (C=O) groups excluding carboxylic acids is 1. The van der Waals surface area contributed by atoms with Gasteiger partial charge in [0.2, 0.25) is 5.72 Å². The lowest BCUT2D eigenvalue weighted by molar-refractivity contribution is -0.328. The number of ether oxygens (including phenoxy) is 6. The first-order valence-corrected chi connectivity index (χ1v) is 18.6. The maximum absolute atomic E-state index is 14.0. The Bertz CT molecular complexity index is 1820. The van der Waals surface area contributed by atoms with Gasteiger partial charge >= 0.3 is 16.4 Å². The van der Waals surface area contributed by atoms with Crippen LogP contribution in [0.15, 0.2) is 121 Å². The number of benzene rings is 4. The van der Waals surface area contributed by atoms with Crippen LogP contribution in [0.4, 0.5) is 4.79 Å². The summed E-state index contributed by atoms with van der Waals surface area (Å²) in [6.07, 6.45) is -5.27. The fourth-order valence-corrected chi connectivity index (χ4v) is 7.45. The van der Waals surface area contributed by atoms with E-state index in [1.165, 1.54) is 0 Å². The molecular formula is C40H45NO10S. The molecule has 11 nitrogen and oxygen atoms in total. The van der Waals surface area contributed by atoms with Crippen molar-refractivity contribution in [1.82, 2.24) is 4.31 Å². The number of amides is 1. The molecule has 2 fully saturated rings. The van der Waals surface area contributed by atoms with Gasteiger partial charge in [-0.3, -0.25) is 0 Å². The molecule has 0 unspecified atom stereocenters. The van der Waals surface area contributed by atoms with Gasteiger partial charge in [-0.25, -0.2) is 8.98 Å². The average Bonchev–Trinajstić information content (AvgIpc) is 3.40. The number of hydrogen-bond acceptors (Lipinski definition) is 10. The van der Waals surface area contributed by atoms with Gasteiger partial charge in [0.15, 0.2) is 0 Å². The van der Waals surface area contributed by atoms with Gasteiger partial charge in [-0.1, -0.05) is 121 Å². The number of hydrogen-bond donors (Lipinski definition) is 0. The van der Waals surface area contributed by atoms with Crippen LogP contribution >= 0.6 is 0 Å². The molecule has 2 aliphatic rings. The van der Waals surface area contributed by atoms with Crippen LogP contribution < -0.4 is 0 Å². The standard InChI is InChI=1S/C40H45NO10S/c1-39(2,3)51-38(42)41-40(29-49-52(41,43)44)37(48-27-33-22-14-7-15-23-33)36(47-26-32-20-12-6-13-21-32)35(46-25-31-18-10-5-11-19-31)34(50-40)28-45-24-30-16-8-4-9-17-30/h4-23,34-37H,24-29H2,1-3H3/t34-,35-,36+,37-,40+/m1/s1. The number of rotatable bonds is 13. The van der Waals surface area contributed by atoms with Crippen LogP contribution in [-0.2, 0) is 69.3 Å². The van der Waals surface area contributed by atoms with Crippen molar-refractivity contribution in [2.24, 2.45) is 0 Å². The third-order valence-electron chi connectivity index (χ3n) is 8.57. The SMILES string of the molecule is CC(C)(C)OC(=O)N1[C@@]2(COS1(=O)=O)O[C@H](COCc1ccccc1)[C@@H](OCc1ccccc1)[C@H](OCc1ccccc1)[C@H]2OCc1ccccc1. The molecule has 1 spiro atoms. The molecule has 1 amide bonds. The summed E-state index contributed by atoms with van der Waals surface area (Å²) >= 11 is 0. The van der Waals surface area contributed by atoms with E-state index >= 15 is 0 Å². The molecule has 0 aliphatic carbocycles. The minimum Gasteiger partial charge on any atom is -0.443 e. The van der Waals surface area contributed by atoms with E-state index in [9.17, 15) is 13.2 Å². The van der Waals surface area contributed by atoms with Crippen LogP contribution in [0.1, 0.15) is 43.0 Å². The lowest BCUT2D eigenvalue weighted by Gasteiger charge is -2.52. The highest BCUT2D eigenvalue weighted by atomic mass is 32.2. The van der Waals surface area contributed by atoms with Gasteiger partial charge in [0, 0.05) is 0 Å². The van der Waals surface area contributed by atoms with Crippen LogP contribution in [0.2, 0.25) is 0 Å². The molecule has 2 saturated heterocycles. The van der Waals surface area contributed by atoms with E-state index in [4.69, 9.17) is 32.6 Å². The number of nitrogens with zero attached hydrogens (tertiary/aromatic N) is 1. The molecule has 52 heavy (non-hydrogen) atoms. The first-order valence-electron chi connectivity index (χ1n) is 17.2. The lowest BCUT2D eigenvalue weighted by atomic mass is 9.89. The highest BCUT2D eigenvalue weighted by Gasteiger charge is 2.68. The molecule has 0 saturated carbocycles. The molecule has 276 valence electrons. The van der Waals surface area contributed by atoms with Crippen molar-refractivity contribution in [3.05, 3.63) is 144 Å². The van der Waals surface area contributed by atoms with Gasteiger partial charge in [0.1, 0.15) is 36.6 Å². The normalized spacial score (nSPS) is 24.2. The smallest absolute Gasteiger partial charge is 0.428 e. The summed E-state index contributed by atoms with van der Waals surface area (Å²) in [7, 11) is -4.72. The van der Waals surface area contributed by atoms with Crippen molar-refractivity contribution in [3.8, 4) is 0 Å². The van der Waals surface area contributed by atoms with Crippen molar-refractivity contribution in [3.63, 3.8) is 0 Å². The topological polar surface area (TPSA) is 119 Å². The minimum absolute atomic E-state index is 0.0323. The molecule has 0 bridgehead atoms. The van der Waals surface area contributed by atoms with Gasteiger partial charge < -0.3 is 28.4 Å². The van der Waals surface area contributed by atoms with E-state index in [2.05, 4.69) is 0 Å². The molecule has 6 rings (SSSR count). The molecule has 4 aromatic carbocycles. The molecule has 2 aliphatic heterocycles. The van der Waals surface area contributed by atoms with Crippen LogP contribution in [0, 0.1) is 0 Å². The van der Waals surface area contributed by atoms with Crippen molar-refractivity contribution in [2.45, 2.75) is 82.9 Å². The Labute approximate surface area is 305 Å². The molecular weight excluding hydrogens is 687 g/mol. The minimum atomic E-state index is -4.72. The quantitative estimate of drug-likeness (QED) is 0.150. The van der Waals surface area contributed by atoms with Gasteiger partial charge in [-0.2, -0.15) is 8.42 Å². The number of carbonyl (C=O) groups is 1. The third kappa shape index (κ3) is 9.25. The molecule has 4 aromatic rings. The second-order valence-electron chi connectivity index (χ2n) is 13.7. The molecule has 12 heteroatoms. The Morgan fingerprint density at radius 3 is 1.62 bits per heavy atom. The second-order valence-corrected chi connectivity index (χ2v) is 15.2.